The lowest BCUT2D eigenvalue weighted by Gasteiger charge is -2.16. The molecule has 0 unspecified atom stereocenters. The minimum absolute atomic E-state index is 0.0655. The number of ketones is 1. The monoisotopic (exact) mass is 261 g/mol. The molecule has 1 aliphatic carbocycles. The van der Waals surface area contributed by atoms with Gasteiger partial charge in [-0.05, 0) is 12.0 Å². The van der Waals surface area contributed by atoms with Gasteiger partial charge in [0.1, 0.15) is 10.7 Å². The topological polar surface area (TPSA) is 49.3 Å². The Labute approximate surface area is 112 Å². The molecule has 0 heterocycles. The summed E-state index contributed by atoms with van der Waals surface area (Å²) >= 11 is 5.18. The molecule has 0 radical (unpaired) electrons. The van der Waals surface area contributed by atoms with Crippen molar-refractivity contribution in [2.24, 2.45) is 0 Å². The SMILES string of the molecule is O=C1CCCC(O)=C1C(=S)NCc1ccccc1. The number of Topliss-reactive ketones (excluding diaryl/α,β-unsaturated/α-hetero) is 1. The molecule has 0 aromatic heterocycles. The van der Waals surface area contributed by atoms with E-state index in [0.717, 1.165) is 5.56 Å². The highest BCUT2D eigenvalue weighted by atomic mass is 32.1. The fourth-order valence-corrected chi connectivity index (χ4v) is 2.26. The summed E-state index contributed by atoms with van der Waals surface area (Å²) in [6, 6.07) is 9.80. The van der Waals surface area contributed by atoms with E-state index >= 15 is 0 Å². The molecular weight excluding hydrogens is 246 g/mol. The van der Waals surface area contributed by atoms with E-state index in [1.807, 2.05) is 30.3 Å². The zero-order chi connectivity index (χ0) is 13.0. The van der Waals surface area contributed by atoms with Gasteiger partial charge in [-0.2, -0.15) is 0 Å². The molecule has 0 amide bonds. The number of aliphatic hydroxyl groups is 1. The number of thiocarbonyl (C=S) groups is 1. The van der Waals surface area contributed by atoms with Crippen LogP contribution >= 0.6 is 12.2 Å². The van der Waals surface area contributed by atoms with Crippen molar-refractivity contribution in [2.45, 2.75) is 25.8 Å². The summed E-state index contributed by atoms with van der Waals surface area (Å²) in [6.07, 6.45) is 1.70. The van der Waals surface area contributed by atoms with E-state index in [1.54, 1.807) is 0 Å². The number of aliphatic hydroxyl groups excluding tert-OH is 1. The fourth-order valence-electron chi connectivity index (χ4n) is 1.95. The largest absolute Gasteiger partial charge is 0.511 e. The van der Waals surface area contributed by atoms with Crippen molar-refractivity contribution >= 4 is 23.0 Å². The van der Waals surface area contributed by atoms with Gasteiger partial charge in [-0.15, -0.1) is 0 Å². The molecule has 0 aliphatic heterocycles. The van der Waals surface area contributed by atoms with Crippen LogP contribution in [0.25, 0.3) is 0 Å². The molecule has 0 saturated carbocycles. The molecule has 1 aliphatic rings. The van der Waals surface area contributed by atoms with E-state index in [2.05, 4.69) is 5.32 Å². The number of nitrogens with one attached hydrogen (secondary N) is 1. The molecule has 3 nitrogen and oxygen atoms in total. The van der Waals surface area contributed by atoms with Crippen molar-refractivity contribution in [1.29, 1.82) is 0 Å². The van der Waals surface area contributed by atoms with Crippen LogP contribution in [0.4, 0.5) is 0 Å². The average molecular weight is 261 g/mol. The van der Waals surface area contributed by atoms with Crippen LogP contribution in [0.3, 0.4) is 0 Å². The number of hydrogen-bond acceptors (Lipinski definition) is 3. The maximum Gasteiger partial charge on any atom is 0.169 e. The summed E-state index contributed by atoms with van der Waals surface area (Å²) in [5.74, 6) is 0.0566. The first-order valence-electron chi connectivity index (χ1n) is 5.96. The lowest BCUT2D eigenvalue weighted by molar-refractivity contribution is -0.115. The minimum Gasteiger partial charge on any atom is -0.511 e. The van der Waals surface area contributed by atoms with Gasteiger partial charge in [-0.1, -0.05) is 42.5 Å². The Balaban J connectivity index is 2.02. The van der Waals surface area contributed by atoms with Gasteiger partial charge in [0.25, 0.3) is 0 Å². The lowest BCUT2D eigenvalue weighted by Crippen LogP contribution is -2.29. The smallest absolute Gasteiger partial charge is 0.169 e. The Morgan fingerprint density at radius 2 is 2.00 bits per heavy atom. The standard InChI is InChI=1S/C14H15NO2S/c16-11-7-4-8-12(17)13(11)14(18)15-9-10-5-2-1-3-6-10/h1-3,5-6,16H,4,7-9H2,(H,15,18). The Morgan fingerprint density at radius 3 is 2.67 bits per heavy atom. The van der Waals surface area contributed by atoms with E-state index in [1.165, 1.54) is 0 Å². The van der Waals surface area contributed by atoms with Crippen molar-refractivity contribution in [3.63, 3.8) is 0 Å². The zero-order valence-corrected chi connectivity index (χ0v) is 10.8. The van der Waals surface area contributed by atoms with E-state index in [4.69, 9.17) is 12.2 Å². The van der Waals surface area contributed by atoms with Crippen LogP contribution in [0.15, 0.2) is 41.7 Å². The van der Waals surface area contributed by atoms with Gasteiger partial charge in [0.2, 0.25) is 0 Å². The number of rotatable bonds is 3. The molecule has 2 rings (SSSR count). The molecule has 0 saturated heterocycles. The highest BCUT2D eigenvalue weighted by Crippen LogP contribution is 2.20. The predicted octanol–water partition coefficient (Wildman–Crippen LogP) is 2.67. The van der Waals surface area contributed by atoms with Crippen LogP contribution in [-0.2, 0) is 11.3 Å². The Kier molecular flexibility index (Phi) is 4.10. The van der Waals surface area contributed by atoms with Crippen LogP contribution in [0.1, 0.15) is 24.8 Å². The maximum absolute atomic E-state index is 11.7. The number of benzene rings is 1. The lowest BCUT2D eigenvalue weighted by atomic mass is 9.96. The number of allylic oxidation sites excluding steroid dienone is 1. The predicted molar refractivity (Wildman–Crippen MR) is 74.4 cm³/mol. The molecule has 4 heteroatoms. The van der Waals surface area contributed by atoms with Crippen molar-refractivity contribution in [2.75, 3.05) is 0 Å². The van der Waals surface area contributed by atoms with Gasteiger partial charge in [0.05, 0.1) is 5.57 Å². The van der Waals surface area contributed by atoms with E-state index in [9.17, 15) is 9.90 Å². The molecule has 94 valence electrons. The van der Waals surface area contributed by atoms with Gasteiger partial charge in [-0.3, -0.25) is 4.79 Å². The third kappa shape index (κ3) is 2.96. The molecule has 1 aromatic carbocycles. The third-order valence-corrected chi connectivity index (χ3v) is 3.26. The summed E-state index contributed by atoms with van der Waals surface area (Å²) < 4.78 is 0. The van der Waals surface area contributed by atoms with Gasteiger partial charge in [0, 0.05) is 19.4 Å². The molecular formula is C14H15NO2S. The molecule has 0 fully saturated rings. The quantitative estimate of drug-likeness (QED) is 0.821. The van der Waals surface area contributed by atoms with Gasteiger partial charge < -0.3 is 10.4 Å². The Hall–Kier alpha value is -1.68. The Bertz CT molecular complexity index is 494. The third-order valence-electron chi connectivity index (χ3n) is 2.91. The second kappa shape index (κ2) is 5.78. The molecule has 0 spiro atoms. The zero-order valence-electron chi connectivity index (χ0n) is 9.98. The van der Waals surface area contributed by atoms with E-state index in [-0.39, 0.29) is 11.5 Å². The molecule has 0 atom stereocenters. The highest BCUT2D eigenvalue weighted by molar-refractivity contribution is 7.80. The van der Waals surface area contributed by atoms with Crippen LogP contribution in [-0.4, -0.2) is 15.9 Å². The molecule has 2 N–H and O–H groups in total. The minimum atomic E-state index is -0.0655. The first-order valence-corrected chi connectivity index (χ1v) is 6.37. The average Bonchev–Trinajstić information content (AvgIpc) is 2.37. The highest BCUT2D eigenvalue weighted by Gasteiger charge is 2.23. The second-order valence-corrected chi connectivity index (χ2v) is 4.67. The molecule has 18 heavy (non-hydrogen) atoms. The Morgan fingerprint density at radius 1 is 1.28 bits per heavy atom. The number of hydrogen-bond donors (Lipinski definition) is 2. The fraction of sp³-hybridized carbons (Fsp3) is 0.286. The van der Waals surface area contributed by atoms with Crippen molar-refractivity contribution in [1.82, 2.24) is 5.32 Å². The van der Waals surface area contributed by atoms with Crippen molar-refractivity contribution < 1.29 is 9.90 Å². The normalized spacial score (nSPS) is 15.7. The number of carbonyl (C=O) groups is 1. The van der Waals surface area contributed by atoms with Crippen LogP contribution in [0.5, 0.6) is 0 Å². The van der Waals surface area contributed by atoms with Crippen molar-refractivity contribution in [3.05, 3.63) is 47.2 Å². The summed E-state index contributed by atoms with van der Waals surface area (Å²) in [5, 5.41) is 12.8. The summed E-state index contributed by atoms with van der Waals surface area (Å²) in [6.45, 7) is 0.559. The maximum atomic E-state index is 11.7. The number of carbonyl (C=O) groups excluding carboxylic acids is 1. The van der Waals surface area contributed by atoms with E-state index in [0.29, 0.717) is 36.4 Å². The van der Waals surface area contributed by atoms with E-state index < -0.39 is 0 Å². The van der Waals surface area contributed by atoms with Crippen molar-refractivity contribution in [3.8, 4) is 0 Å². The van der Waals surface area contributed by atoms with Gasteiger partial charge in [0.15, 0.2) is 5.78 Å². The van der Waals surface area contributed by atoms with Crippen LogP contribution in [0, 0.1) is 0 Å². The summed E-state index contributed by atoms with van der Waals surface area (Å²) in [4.78, 5) is 12.1. The van der Waals surface area contributed by atoms with Gasteiger partial charge in [-0.25, -0.2) is 0 Å². The summed E-state index contributed by atoms with van der Waals surface area (Å²) in [5.41, 5.74) is 1.38. The van der Waals surface area contributed by atoms with Crippen LogP contribution < -0.4 is 5.32 Å². The molecule has 0 bridgehead atoms. The summed E-state index contributed by atoms with van der Waals surface area (Å²) in [7, 11) is 0. The van der Waals surface area contributed by atoms with Gasteiger partial charge >= 0.3 is 0 Å². The first kappa shape index (κ1) is 12.8. The second-order valence-electron chi connectivity index (χ2n) is 4.27. The first-order chi connectivity index (χ1) is 8.68. The molecule has 1 aromatic rings. The van der Waals surface area contributed by atoms with Crippen LogP contribution in [0.2, 0.25) is 0 Å².